The van der Waals surface area contributed by atoms with Gasteiger partial charge >= 0.3 is 0 Å². The van der Waals surface area contributed by atoms with Gasteiger partial charge in [0, 0.05) is 31.7 Å². The van der Waals surface area contributed by atoms with Gasteiger partial charge in [-0.2, -0.15) is 4.98 Å². The Bertz CT molecular complexity index is 527. The van der Waals surface area contributed by atoms with Crippen LogP contribution >= 0.6 is 0 Å². The van der Waals surface area contributed by atoms with Gasteiger partial charge in [-0.25, -0.2) is 0 Å². The zero-order chi connectivity index (χ0) is 13.7. The first-order chi connectivity index (χ1) is 9.26. The highest BCUT2D eigenvalue weighted by Gasteiger charge is 2.16. The van der Waals surface area contributed by atoms with Crippen LogP contribution < -0.4 is 5.73 Å². The van der Waals surface area contributed by atoms with E-state index in [4.69, 9.17) is 15.0 Å². The van der Waals surface area contributed by atoms with E-state index >= 15 is 0 Å². The van der Waals surface area contributed by atoms with Gasteiger partial charge in [-0.1, -0.05) is 12.1 Å². The third-order valence-corrected chi connectivity index (χ3v) is 2.92. The Morgan fingerprint density at radius 1 is 1.47 bits per heavy atom. The summed E-state index contributed by atoms with van der Waals surface area (Å²) in [4.78, 5) is 8.45. The van der Waals surface area contributed by atoms with Gasteiger partial charge in [-0.15, -0.1) is 0 Å². The minimum absolute atomic E-state index is 0.298. The quantitative estimate of drug-likeness (QED) is 0.853. The van der Waals surface area contributed by atoms with Crippen LogP contribution in [-0.2, 0) is 11.2 Å². The smallest absolute Gasteiger partial charge is 0.243 e. The van der Waals surface area contributed by atoms with E-state index in [9.17, 15) is 0 Å². The Hall–Kier alpha value is -1.79. The normalized spacial score (nSPS) is 12.6. The molecule has 0 aromatic carbocycles. The molecule has 2 aromatic heterocycles. The van der Waals surface area contributed by atoms with Crippen molar-refractivity contribution in [3.8, 4) is 11.4 Å². The molecule has 2 aromatic rings. The molecule has 2 heterocycles. The van der Waals surface area contributed by atoms with E-state index in [1.54, 1.807) is 13.3 Å². The van der Waals surface area contributed by atoms with Crippen LogP contribution in [0.5, 0.6) is 0 Å². The molecule has 6 heteroatoms. The third kappa shape index (κ3) is 3.15. The third-order valence-electron chi connectivity index (χ3n) is 2.92. The van der Waals surface area contributed by atoms with Crippen LogP contribution in [0.3, 0.4) is 0 Å². The Morgan fingerprint density at radius 3 is 3.05 bits per heavy atom. The first kappa shape index (κ1) is 13.6. The standard InChI is InChI=1S/C13H18N4O2/c1-3-9-8-15-6-4-10(9)12-16-13(19-17-12)11(14)5-7-18-2/h4,6,8,11H,3,5,7,14H2,1-2H3. The topological polar surface area (TPSA) is 87.1 Å². The number of nitrogens with zero attached hydrogens (tertiary/aromatic N) is 3. The SMILES string of the molecule is CCc1cnccc1-c1noc(C(N)CCOC)n1. The largest absolute Gasteiger partial charge is 0.385 e. The summed E-state index contributed by atoms with van der Waals surface area (Å²) in [5, 5.41) is 3.99. The van der Waals surface area contributed by atoms with Gasteiger partial charge < -0.3 is 15.0 Å². The number of pyridine rings is 1. The predicted molar refractivity (Wildman–Crippen MR) is 70.3 cm³/mol. The van der Waals surface area contributed by atoms with Crippen molar-refractivity contribution in [1.82, 2.24) is 15.1 Å². The summed E-state index contributed by atoms with van der Waals surface area (Å²) < 4.78 is 10.2. The molecule has 2 rings (SSSR count). The van der Waals surface area contributed by atoms with Crippen LogP contribution in [0, 0.1) is 0 Å². The molecule has 0 spiro atoms. The molecule has 19 heavy (non-hydrogen) atoms. The summed E-state index contributed by atoms with van der Waals surface area (Å²) in [6.45, 7) is 2.63. The summed E-state index contributed by atoms with van der Waals surface area (Å²) in [5.74, 6) is 0.994. The van der Waals surface area contributed by atoms with Gasteiger partial charge in [0.15, 0.2) is 0 Å². The lowest BCUT2D eigenvalue weighted by molar-refractivity contribution is 0.182. The molecular formula is C13H18N4O2. The fourth-order valence-corrected chi connectivity index (χ4v) is 1.79. The van der Waals surface area contributed by atoms with Gasteiger partial charge in [0.05, 0.1) is 6.04 Å². The van der Waals surface area contributed by atoms with Crippen molar-refractivity contribution >= 4 is 0 Å². The fraction of sp³-hybridized carbons (Fsp3) is 0.462. The molecule has 0 fully saturated rings. The Labute approximate surface area is 112 Å². The van der Waals surface area contributed by atoms with Crippen LogP contribution in [-0.4, -0.2) is 28.8 Å². The number of aryl methyl sites for hydroxylation is 1. The zero-order valence-corrected chi connectivity index (χ0v) is 11.2. The second-order valence-electron chi connectivity index (χ2n) is 4.23. The Balaban J connectivity index is 2.20. The van der Waals surface area contributed by atoms with E-state index in [0.717, 1.165) is 17.5 Å². The molecule has 2 N–H and O–H groups in total. The maximum Gasteiger partial charge on any atom is 0.243 e. The van der Waals surface area contributed by atoms with Crippen molar-refractivity contribution < 1.29 is 9.26 Å². The Kier molecular flexibility index (Phi) is 4.59. The molecule has 0 saturated heterocycles. The average molecular weight is 262 g/mol. The summed E-state index contributed by atoms with van der Waals surface area (Å²) in [6.07, 6.45) is 5.05. The van der Waals surface area contributed by atoms with E-state index < -0.39 is 0 Å². The van der Waals surface area contributed by atoms with Crippen molar-refractivity contribution in [2.45, 2.75) is 25.8 Å². The molecule has 6 nitrogen and oxygen atoms in total. The van der Waals surface area contributed by atoms with E-state index in [1.165, 1.54) is 0 Å². The van der Waals surface area contributed by atoms with Crippen molar-refractivity contribution in [3.05, 3.63) is 29.9 Å². The molecule has 0 radical (unpaired) electrons. The second-order valence-corrected chi connectivity index (χ2v) is 4.23. The highest BCUT2D eigenvalue weighted by Crippen LogP contribution is 2.22. The van der Waals surface area contributed by atoms with Crippen LogP contribution in [0.2, 0.25) is 0 Å². The lowest BCUT2D eigenvalue weighted by atomic mass is 10.1. The molecule has 0 bridgehead atoms. The predicted octanol–water partition coefficient (Wildman–Crippen LogP) is 1.73. The van der Waals surface area contributed by atoms with Gasteiger partial charge in [0.2, 0.25) is 11.7 Å². The van der Waals surface area contributed by atoms with Gasteiger partial charge in [-0.05, 0) is 24.5 Å². The lowest BCUT2D eigenvalue weighted by Gasteiger charge is -2.04. The monoisotopic (exact) mass is 262 g/mol. The number of methoxy groups -OCH3 is 1. The lowest BCUT2D eigenvalue weighted by Crippen LogP contribution is -2.13. The maximum atomic E-state index is 5.95. The Morgan fingerprint density at radius 2 is 2.32 bits per heavy atom. The minimum Gasteiger partial charge on any atom is -0.385 e. The summed E-state index contributed by atoms with van der Waals surface area (Å²) >= 11 is 0. The first-order valence-electron chi connectivity index (χ1n) is 6.27. The number of aromatic nitrogens is 3. The van der Waals surface area contributed by atoms with E-state index in [0.29, 0.717) is 24.7 Å². The highest BCUT2D eigenvalue weighted by molar-refractivity contribution is 5.58. The second kappa shape index (κ2) is 6.40. The van der Waals surface area contributed by atoms with Crippen LogP contribution in [0.1, 0.15) is 30.8 Å². The number of nitrogens with two attached hydrogens (primary N) is 1. The molecule has 1 unspecified atom stereocenters. The van der Waals surface area contributed by atoms with Crippen molar-refractivity contribution in [1.29, 1.82) is 0 Å². The van der Waals surface area contributed by atoms with Crippen LogP contribution in [0.15, 0.2) is 23.0 Å². The summed E-state index contributed by atoms with van der Waals surface area (Å²) in [5.41, 5.74) is 7.97. The molecule has 0 aliphatic carbocycles. The summed E-state index contributed by atoms with van der Waals surface area (Å²) in [6, 6.07) is 1.59. The first-order valence-corrected chi connectivity index (χ1v) is 6.27. The zero-order valence-electron chi connectivity index (χ0n) is 11.2. The number of hydrogen-bond donors (Lipinski definition) is 1. The molecule has 1 atom stereocenters. The minimum atomic E-state index is -0.298. The number of rotatable bonds is 6. The van der Waals surface area contributed by atoms with E-state index in [1.807, 2.05) is 12.3 Å². The molecule has 0 aliphatic heterocycles. The van der Waals surface area contributed by atoms with Gasteiger partial charge in [-0.3, -0.25) is 4.98 Å². The van der Waals surface area contributed by atoms with Crippen molar-refractivity contribution in [2.24, 2.45) is 5.73 Å². The van der Waals surface area contributed by atoms with Gasteiger partial charge in [0.25, 0.3) is 0 Å². The van der Waals surface area contributed by atoms with Crippen molar-refractivity contribution in [3.63, 3.8) is 0 Å². The number of hydrogen-bond acceptors (Lipinski definition) is 6. The van der Waals surface area contributed by atoms with Gasteiger partial charge in [0.1, 0.15) is 0 Å². The van der Waals surface area contributed by atoms with Crippen molar-refractivity contribution in [2.75, 3.05) is 13.7 Å². The fourth-order valence-electron chi connectivity index (χ4n) is 1.79. The summed E-state index contributed by atoms with van der Waals surface area (Å²) in [7, 11) is 1.64. The number of ether oxygens (including phenoxy) is 1. The molecular weight excluding hydrogens is 244 g/mol. The molecule has 0 saturated carbocycles. The molecule has 0 aliphatic rings. The van der Waals surface area contributed by atoms with E-state index in [-0.39, 0.29) is 6.04 Å². The molecule has 0 amide bonds. The average Bonchev–Trinajstić information content (AvgIpc) is 2.94. The highest BCUT2D eigenvalue weighted by atomic mass is 16.5. The van der Waals surface area contributed by atoms with Crippen LogP contribution in [0.4, 0.5) is 0 Å². The van der Waals surface area contributed by atoms with E-state index in [2.05, 4.69) is 22.0 Å². The van der Waals surface area contributed by atoms with Crippen LogP contribution in [0.25, 0.3) is 11.4 Å². The molecule has 102 valence electrons. The maximum absolute atomic E-state index is 5.95.